The fourth-order valence-corrected chi connectivity index (χ4v) is 4.51. The first-order chi connectivity index (χ1) is 12.8. The van der Waals surface area contributed by atoms with Gasteiger partial charge in [-0.05, 0) is 23.8 Å². The van der Waals surface area contributed by atoms with E-state index in [0.717, 1.165) is 28.0 Å². The van der Waals surface area contributed by atoms with Gasteiger partial charge in [-0.25, -0.2) is 4.99 Å². The second kappa shape index (κ2) is 8.05. The molecule has 2 aliphatic rings. The molecule has 2 aromatic rings. The number of carbonyl (C=O) groups excluding carboxylic acids is 1. The van der Waals surface area contributed by atoms with E-state index in [1.807, 2.05) is 36.4 Å². The molecular weight excluding hydrogens is 368 g/mol. The number of nitrogens with zero attached hydrogens (tertiary/aromatic N) is 1. The summed E-state index contributed by atoms with van der Waals surface area (Å²) in [5, 5.41) is 2.91. The molecular formula is C19H18N2O3S2. The lowest BCUT2D eigenvalue weighted by Gasteiger charge is -2.14. The molecule has 134 valence electrons. The smallest absolute Gasteiger partial charge is 0.234 e. The van der Waals surface area contributed by atoms with Gasteiger partial charge in [-0.1, -0.05) is 41.7 Å². The van der Waals surface area contributed by atoms with Crippen LogP contribution in [0.3, 0.4) is 0 Å². The third-order valence-electron chi connectivity index (χ3n) is 3.91. The Morgan fingerprint density at radius 2 is 2.00 bits per heavy atom. The summed E-state index contributed by atoms with van der Waals surface area (Å²) in [6.07, 6.45) is 0.857. The van der Waals surface area contributed by atoms with Crippen LogP contribution in [0.2, 0.25) is 0 Å². The molecule has 7 heteroatoms. The van der Waals surface area contributed by atoms with E-state index in [0.29, 0.717) is 30.4 Å². The highest BCUT2D eigenvalue weighted by Gasteiger charge is 2.15. The maximum Gasteiger partial charge on any atom is 0.234 e. The summed E-state index contributed by atoms with van der Waals surface area (Å²) in [5.41, 5.74) is 2.94. The number of anilines is 1. The number of amides is 1. The Morgan fingerprint density at radius 3 is 2.92 bits per heavy atom. The number of carbonyl (C=O) groups is 1. The van der Waals surface area contributed by atoms with Gasteiger partial charge in [0.2, 0.25) is 5.91 Å². The van der Waals surface area contributed by atoms with Gasteiger partial charge in [0.15, 0.2) is 11.5 Å². The van der Waals surface area contributed by atoms with Crippen molar-refractivity contribution in [2.24, 2.45) is 4.99 Å². The number of fused-ring (bicyclic) bond motifs is 2. The molecule has 1 amide bonds. The van der Waals surface area contributed by atoms with Crippen LogP contribution in [-0.2, 0) is 10.5 Å². The predicted octanol–water partition coefficient (Wildman–Crippen LogP) is 4.45. The molecule has 0 atom stereocenters. The van der Waals surface area contributed by atoms with Crippen LogP contribution in [0.25, 0.3) is 0 Å². The van der Waals surface area contributed by atoms with E-state index in [-0.39, 0.29) is 5.91 Å². The van der Waals surface area contributed by atoms with E-state index >= 15 is 0 Å². The standard InChI is InChI=1S/C19H18N2O3S2/c22-18(12-26-19-21-15-5-2-1-4-13(15)11-25-19)20-14-6-7-16-17(10-14)24-9-3-8-23-16/h1-2,4-7,10H,3,8-9,11-12H2,(H,20,22). The van der Waals surface area contributed by atoms with Gasteiger partial charge in [0.25, 0.3) is 0 Å². The summed E-state index contributed by atoms with van der Waals surface area (Å²) in [6, 6.07) is 13.6. The summed E-state index contributed by atoms with van der Waals surface area (Å²) < 4.78 is 12.2. The van der Waals surface area contributed by atoms with Crippen molar-refractivity contribution in [2.75, 3.05) is 24.3 Å². The molecule has 0 aliphatic carbocycles. The number of hydrogen-bond acceptors (Lipinski definition) is 6. The minimum absolute atomic E-state index is 0.0633. The number of ether oxygens (including phenoxy) is 2. The summed E-state index contributed by atoms with van der Waals surface area (Å²) in [7, 11) is 0. The maximum atomic E-state index is 12.3. The van der Waals surface area contributed by atoms with E-state index in [9.17, 15) is 4.79 Å². The zero-order chi connectivity index (χ0) is 17.8. The van der Waals surface area contributed by atoms with Crippen molar-refractivity contribution < 1.29 is 14.3 Å². The Kier molecular flexibility index (Phi) is 5.36. The maximum absolute atomic E-state index is 12.3. The van der Waals surface area contributed by atoms with Crippen LogP contribution in [0, 0.1) is 0 Å². The number of para-hydroxylation sites is 1. The third-order valence-corrected chi connectivity index (χ3v) is 6.16. The monoisotopic (exact) mass is 386 g/mol. The van der Waals surface area contributed by atoms with Crippen LogP contribution in [-0.4, -0.2) is 29.2 Å². The fourth-order valence-electron chi connectivity index (χ4n) is 2.65. The van der Waals surface area contributed by atoms with Crippen LogP contribution < -0.4 is 14.8 Å². The molecule has 26 heavy (non-hydrogen) atoms. The first-order valence-corrected chi connectivity index (χ1v) is 10.4. The molecule has 2 heterocycles. The van der Waals surface area contributed by atoms with Gasteiger partial charge < -0.3 is 14.8 Å². The molecule has 0 saturated heterocycles. The van der Waals surface area contributed by atoms with E-state index in [1.165, 1.54) is 17.3 Å². The van der Waals surface area contributed by atoms with Crippen LogP contribution >= 0.6 is 23.5 Å². The van der Waals surface area contributed by atoms with Crippen molar-refractivity contribution >= 4 is 45.2 Å². The number of nitrogens with one attached hydrogen (secondary N) is 1. The minimum Gasteiger partial charge on any atom is -0.490 e. The fraction of sp³-hybridized carbons (Fsp3) is 0.263. The Morgan fingerprint density at radius 1 is 1.15 bits per heavy atom. The lowest BCUT2D eigenvalue weighted by atomic mass is 10.2. The first-order valence-electron chi connectivity index (χ1n) is 8.40. The van der Waals surface area contributed by atoms with Crippen molar-refractivity contribution in [3.8, 4) is 11.5 Å². The van der Waals surface area contributed by atoms with Gasteiger partial charge in [-0.2, -0.15) is 0 Å². The highest BCUT2D eigenvalue weighted by atomic mass is 32.2. The molecule has 0 unspecified atom stereocenters. The van der Waals surface area contributed by atoms with Crippen LogP contribution in [0.4, 0.5) is 11.4 Å². The summed E-state index contributed by atoms with van der Waals surface area (Å²) >= 11 is 3.14. The highest BCUT2D eigenvalue weighted by molar-refractivity contribution is 8.38. The first kappa shape index (κ1) is 17.3. The SMILES string of the molecule is O=C(CSC1=Nc2ccccc2CS1)Nc1ccc2c(c1)OCCCO2. The third kappa shape index (κ3) is 4.16. The van der Waals surface area contributed by atoms with Crippen LogP contribution in [0.5, 0.6) is 11.5 Å². The molecule has 5 nitrogen and oxygen atoms in total. The quantitative estimate of drug-likeness (QED) is 0.844. The number of hydrogen-bond donors (Lipinski definition) is 1. The Balaban J connectivity index is 1.35. The topological polar surface area (TPSA) is 59.9 Å². The van der Waals surface area contributed by atoms with E-state index < -0.39 is 0 Å². The Hall–Kier alpha value is -2.12. The lowest BCUT2D eigenvalue weighted by molar-refractivity contribution is -0.113. The lowest BCUT2D eigenvalue weighted by Crippen LogP contribution is -2.15. The molecule has 1 N–H and O–H groups in total. The minimum atomic E-state index is -0.0633. The van der Waals surface area contributed by atoms with E-state index in [2.05, 4.69) is 16.4 Å². The van der Waals surface area contributed by atoms with Gasteiger partial charge in [-0.15, -0.1) is 0 Å². The molecule has 0 bridgehead atoms. The summed E-state index contributed by atoms with van der Waals surface area (Å²) in [5.74, 6) is 2.55. The molecule has 0 aromatic heterocycles. The van der Waals surface area contributed by atoms with Crippen LogP contribution in [0.1, 0.15) is 12.0 Å². The number of rotatable bonds is 3. The molecule has 2 aromatic carbocycles. The second-order valence-corrected chi connectivity index (χ2v) is 8.03. The average Bonchev–Trinajstić information content (AvgIpc) is 2.91. The molecule has 0 fully saturated rings. The molecule has 0 saturated carbocycles. The Labute approximate surface area is 160 Å². The zero-order valence-electron chi connectivity index (χ0n) is 14.1. The summed E-state index contributed by atoms with van der Waals surface area (Å²) in [6.45, 7) is 1.27. The Bertz CT molecular complexity index is 854. The van der Waals surface area contributed by atoms with Gasteiger partial charge in [0.1, 0.15) is 4.38 Å². The zero-order valence-corrected chi connectivity index (χ0v) is 15.7. The van der Waals surface area contributed by atoms with Crippen molar-refractivity contribution in [3.63, 3.8) is 0 Å². The average molecular weight is 386 g/mol. The van der Waals surface area contributed by atoms with E-state index in [4.69, 9.17) is 9.47 Å². The number of thioether (sulfide) groups is 2. The van der Waals surface area contributed by atoms with Gasteiger partial charge in [-0.3, -0.25) is 4.79 Å². The van der Waals surface area contributed by atoms with Crippen LogP contribution in [0.15, 0.2) is 47.5 Å². The van der Waals surface area contributed by atoms with Crippen molar-refractivity contribution in [1.82, 2.24) is 0 Å². The predicted molar refractivity (Wildman–Crippen MR) is 108 cm³/mol. The molecule has 2 aliphatic heterocycles. The molecule has 4 rings (SSSR count). The van der Waals surface area contributed by atoms with Gasteiger partial charge in [0, 0.05) is 23.9 Å². The number of benzene rings is 2. The number of aliphatic imine (C=N–C) groups is 1. The highest BCUT2D eigenvalue weighted by Crippen LogP contribution is 2.35. The van der Waals surface area contributed by atoms with Crippen molar-refractivity contribution in [1.29, 1.82) is 0 Å². The second-order valence-electron chi connectivity index (χ2n) is 5.84. The molecule has 0 radical (unpaired) electrons. The van der Waals surface area contributed by atoms with Gasteiger partial charge >= 0.3 is 0 Å². The van der Waals surface area contributed by atoms with Gasteiger partial charge in [0.05, 0.1) is 24.7 Å². The van der Waals surface area contributed by atoms with E-state index in [1.54, 1.807) is 11.8 Å². The van der Waals surface area contributed by atoms with Crippen molar-refractivity contribution in [3.05, 3.63) is 48.0 Å². The summed E-state index contributed by atoms with van der Waals surface area (Å²) in [4.78, 5) is 16.9. The largest absolute Gasteiger partial charge is 0.490 e. The van der Waals surface area contributed by atoms with Crippen molar-refractivity contribution in [2.45, 2.75) is 12.2 Å². The molecule has 0 spiro atoms. The normalized spacial score (nSPS) is 15.5.